The van der Waals surface area contributed by atoms with Crippen LogP contribution in [0.15, 0.2) is 48.8 Å². The van der Waals surface area contributed by atoms with Crippen LogP contribution in [-0.2, 0) is 18.7 Å². The van der Waals surface area contributed by atoms with Crippen molar-refractivity contribution in [2.45, 2.75) is 59.4 Å². The van der Waals surface area contributed by atoms with E-state index in [1.54, 1.807) is 16.9 Å². The molecule has 0 aliphatic rings. The van der Waals surface area contributed by atoms with E-state index in [0.29, 0.717) is 5.69 Å². The van der Waals surface area contributed by atoms with Gasteiger partial charge in [0.05, 0.1) is 11.7 Å². The number of carbonyl (C=O) groups excluding carboxylic acids is 1. The van der Waals surface area contributed by atoms with E-state index in [-0.39, 0.29) is 24.1 Å². The van der Waals surface area contributed by atoms with Gasteiger partial charge >= 0.3 is 0 Å². The number of carbonyl (C=O) groups is 1. The van der Waals surface area contributed by atoms with Crippen LogP contribution < -0.4 is 10.1 Å². The van der Waals surface area contributed by atoms with Crippen molar-refractivity contribution in [2.75, 3.05) is 0 Å². The smallest absolute Gasteiger partial charge is 0.272 e. The molecule has 1 atom stereocenters. The summed E-state index contributed by atoms with van der Waals surface area (Å²) in [6.45, 7) is 11.5. The van der Waals surface area contributed by atoms with Crippen LogP contribution >= 0.6 is 0 Å². The molecule has 0 saturated carbocycles. The first kappa shape index (κ1) is 20.6. The maximum atomic E-state index is 12.5. The first-order valence-corrected chi connectivity index (χ1v) is 9.87. The van der Waals surface area contributed by atoms with Crippen molar-refractivity contribution in [1.29, 1.82) is 0 Å². The lowest BCUT2D eigenvalue weighted by atomic mass is 9.87. The Kier molecular flexibility index (Phi) is 6.06. The lowest BCUT2D eigenvalue weighted by Gasteiger charge is -2.19. The van der Waals surface area contributed by atoms with Gasteiger partial charge in [-0.15, -0.1) is 0 Å². The lowest BCUT2D eigenvalue weighted by Crippen LogP contribution is -2.27. The number of aromatic nitrogens is 4. The molecule has 0 bridgehead atoms. The number of hydrogen-bond donors (Lipinski definition) is 1. The normalized spacial score (nSPS) is 12.6. The number of rotatable bonds is 7. The fraction of sp³-hybridized carbons (Fsp3) is 0.409. The van der Waals surface area contributed by atoms with Crippen molar-refractivity contribution < 1.29 is 9.53 Å². The number of nitrogens with one attached hydrogen (secondary N) is 1. The average Bonchev–Trinajstić information content (AvgIpc) is 3.35. The van der Waals surface area contributed by atoms with E-state index in [0.717, 1.165) is 18.0 Å². The van der Waals surface area contributed by atoms with Gasteiger partial charge in [0.25, 0.3) is 5.91 Å². The maximum Gasteiger partial charge on any atom is 0.272 e. The van der Waals surface area contributed by atoms with E-state index < -0.39 is 0 Å². The molecule has 2 aromatic heterocycles. The summed E-state index contributed by atoms with van der Waals surface area (Å²) in [6.07, 6.45) is 3.63. The highest BCUT2D eigenvalue weighted by Gasteiger charge is 2.16. The average molecular weight is 396 g/mol. The number of benzene rings is 1. The molecule has 1 unspecified atom stereocenters. The first-order valence-electron chi connectivity index (χ1n) is 9.87. The van der Waals surface area contributed by atoms with Gasteiger partial charge in [-0.1, -0.05) is 32.9 Å². The summed E-state index contributed by atoms with van der Waals surface area (Å²) < 4.78 is 9.21. The summed E-state index contributed by atoms with van der Waals surface area (Å²) in [5.74, 6) is 0.525. The Morgan fingerprint density at radius 1 is 1.07 bits per heavy atom. The fourth-order valence-corrected chi connectivity index (χ4v) is 2.88. The van der Waals surface area contributed by atoms with Crippen LogP contribution in [0.2, 0.25) is 0 Å². The summed E-state index contributed by atoms with van der Waals surface area (Å²) in [7, 11) is 0. The highest BCUT2D eigenvalue weighted by atomic mass is 16.5. The van der Waals surface area contributed by atoms with Crippen molar-refractivity contribution in [3.8, 4) is 5.75 Å². The molecule has 3 aromatic rings. The summed E-state index contributed by atoms with van der Waals surface area (Å²) in [5.41, 5.74) is 2.52. The Bertz CT molecular complexity index is 950. The van der Waals surface area contributed by atoms with Gasteiger partial charge in [0.15, 0.2) is 6.73 Å². The minimum absolute atomic E-state index is 0.106. The molecule has 3 rings (SSSR count). The van der Waals surface area contributed by atoms with E-state index in [9.17, 15) is 4.79 Å². The van der Waals surface area contributed by atoms with Gasteiger partial charge in [-0.2, -0.15) is 10.2 Å². The summed E-state index contributed by atoms with van der Waals surface area (Å²) in [4.78, 5) is 12.5. The minimum atomic E-state index is -0.239. The van der Waals surface area contributed by atoms with Crippen LogP contribution in [0, 0.1) is 0 Å². The molecule has 29 heavy (non-hydrogen) atoms. The molecule has 0 spiro atoms. The third kappa shape index (κ3) is 5.25. The van der Waals surface area contributed by atoms with Gasteiger partial charge in [-0.3, -0.25) is 9.48 Å². The first-order chi connectivity index (χ1) is 13.8. The van der Waals surface area contributed by atoms with Gasteiger partial charge in [0.1, 0.15) is 11.4 Å². The topological polar surface area (TPSA) is 74.0 Å². The Balaban J connectivity index is 1.55. The number of nitrogens with zero attached hydrogens (tertiary/aromatic N) is 4. The highest BCUT2D eigenvalue weighted by Crippen LogP contribution is 2.24. The van der Waals surface area contributed by atoms with Crippen LogP contribution in [0.4, 0.5) is 0 Å². The second-order valence-corrected chi connectivity index (χ2v) is 8.08. The van der Waals surface area contributed by atoms with Gasteiger partial charge in [0, 0.05) is 18.9 Å². The monoisotopic (exact) mass is 395 g/mol. The highest BCUT2D eigenvalue weighted by molar-refractivity contribution is 5.92. The predicted octanol–water partition coefficient (Wildman–Crippen LogP) is 3.92. The van der Waals surface area contributed by atoms with Crippen molar-refractivity contribution in [3.05, 3.63) is 65.7 Å². The van der Waals surface area contributed by atoms with Gasteiger partial charge in [-0.05, 0) is 49.1 Å². The molecule has 2 heterocycles. The minimum Gasteiger partial charge on any atom is -0.471 e. The van der Waals surface area contributed by atoms with Gasteiger partial charge < -0.3 is 10.1 Å². The standard InChI is InChI=1S/C22H29N5O2/c1-6-26-13-11-19(24-26)16(2)23-21(28)20-12-14-27(25-20)15-29-18-9-7-17(8-10-18)22(3,4)5/h7-14,16H,6,15H2,1-5H3,(H,23,28). The number of ether oxygens (including phenoxy) is 1. The maximum absolute atomic E-state index is 12.5. The molecule has 0 aliphatic carbocycles. The van der Waals surface area contributed by atoms with Crippen LogP contribution in [0.3, 0.4) is 0 Å². The quantitative estimate of drug-likeness (QED) is 0.658. The largest absolute Gasteiger partial charge is 0.471 e. The Hall–Kier alpha value is -3.09. The van der Waals surface area contributed by atoms with Crippen LogP contribution in [0.5, 0.6) is 5.75 Å². The molecule has 7 nitrogen and oxygen atoms in total. The Labute approximate surface area is 171 Å². The molecule has 0 saturated heterocycles. The molecule has 1 N–H and O–H groups in total. The molecule has 7 heteroatoms. The zero-order chi connectivity index (χ0) is 21.0. The zero-order valence-corrected chi connectivity index (χ0v) is 17.7. The predicted molar refractivity (Wildman–Crippen MR) is 112 cm³/mol. The number of amides is 1. The van der Waals surface area contributed by atoms with Crippen molar-refractivity contribution in [1.82, 2.24) is 24.9 Å². The van der Waals surface area contributed by atoms with Crippen LogP contribution in [0.1, 0.15) is 62.4 Å². The molecule has 154 valence electrons. The van der Waals surface area contributed by atoms with E-state index in [2.05, 4.69) is 48.4 Å². The summed E-state index contributed by atoms with van der Waals surface area (Å²) in [5, 5.41) is 11.7. The summed E-state index contributed by atoms with van der Waals surface area (Å²) >= 11 is 0. The molecule has 1 amide bonds. The fourth-order valence-electron chi connectivity index (χ4n) is 2.88. The van der Waals surface area contributed by atoms with Crippen molar-refractivity contribution >= 4 is 5.91 Å². The molecule has 0 aliphatic heterocycles. The van der Waals surface area contributed by atoms with Gasteiger partial charge in [-0.25, -0.2) is 4.68 Å². The molecular formula is C22H29N5O2. The molecule has 0 radical (unpaired) electrons. The van der Waals surface area contributed by atoms with Gasteiger partial charge in [0.2, 0.25) is 0 Å². The number of hydrogen-bond acceptors (Lipinski definition) is 4. The van der Waals surface area contributed by atoms with E-state index in [1.165, 1.54) is 5.56 Å². The Morgan fingerprint density at radius 3 is 2.38 bits per heavy atom. The second-order valence-electron chi connectivity index (χ2n) is 8.08. The van der Waals surface area contributed by atoms with Crippen LogP contribution in [-0.4, -0.2) is 25.5 Å². The van der Waals surface area contributed by atoms with E-state index >= 15 is 0 Å². The third-order valence-electron chi connectivity index (χ3n) is 4.73. The number of aryl methyl sites for hydroxylation is 1. The van der Waals surface area contributed by atoms with Crippen molar-refractivity contribution in [2.24, 2.45) is 0 Å². The summed E-state index contributed by atoms with van der Waals surface area (Å²) in [6, 6.07) is 11.4. The van der Waals surface area contributed by atoms with E-state index in [4.69, 9.17) is 4.74 Å². The van der Waals surface area contributed by atoms with E-state index in [1.807, 2.05) is 42.9 Å². The third-order valence-corrected chi connectivity index (χ3v) is 4.73. The van der Waals surface area contributed by atoms with Crippen LogP contribution in [0.25, 0.3) is 0 Å². The Morgan fingerprint density at radius 2 is 1.76 bits per heavy atom. The molecular weight excluding hydrogens is 366 g/mol. The SMILES string of the molecule is CCn1ccc(C(C)NC(=O)c2ccn(COc3ccc(C(C)(C)C)cc3)n2)n1. The zero-order valence-electron chi connectivity index (χ0n) is 17.7. The van der Waals surface area contributed by atoms with Crippen molar-refractivity contribution in [3.63, 3.8) is 0 Å². The lowest BCUT2D eigenvalue weighted by molar-refractivity contribution is 0.0932. The molecule has 1 aromatic carbocycles. The molecule has 0 fully saturated rings. The second kappa shape index (κ2) is 8.51.